The van der Waals surface area contributed by atoms with Crippen molar-refractivity contribution in [2.45, 2.75) is 50.0 Å². The van der Waals surface area contributed by atoms with E-state index in [0.29, 0.717) is 10.6 Å². The first-order valence-electron chi connectivity index (χ1n) is 7.36. The highest BCUT2D eigenvalue weighted by atomic mass is 32.2. The van der Waals surface area contributed by atoms with Crippen LogP contribution in [0.25, 0.3) is 0 Å². The maximum Gasteiger partial charge on any atom is 0.453 e. The fourth-order valence-electron chi connectivity index (χ4n) is 2.63. The lowest BCUT2D eigenvalue weighted by molar-refractivity contribution is -0.146. The van der Waals surface area contributed by atoms with Crippen LogP contribution in [0.5, 0.6) is 0 Å². The van der Waals surface area contributed by atoms with Crippen LogP contribution in [0.4, 0.5) is 13.2 Å². The maximum atomic E-state index is 12.6. The molecule has 0 unspecified atom stereocenters. The van der Waals surface area contributed by atoms with Crippen LogP contribution in [0.2, 0.25) is 0 Å². The zero-order valence-corrected chi connectivity index (χ0v) is 13.8. The molecule has 130 valence electrons. The Morgan fingerprint density at radius 1 is 1.35 bits per heavy atom. The summed E-state index contributed by atoms with van der Waals surface area (Å²) in [5.74, 6) is 4.58. The van der Waals surface area contributed by atoms with Gasteiger partial charge in [-0.2, -0.15) is 13.2 Å². The van der Waals surface area contributed by atoms with Crippen LogP contribution >= 0.6 is 11.8 Å². The van der Waals surface area contributed by atoms with Crippen LogP contribution in [0.1, 0.15) is 38.4 Å². The molecule has 1 heterocycles. The molecule has 1 aliphatic rings. The lowest BCUT2D eigenvalue weighted by atomic mass is 9.87. The molecule has 1 aliphatic carbocycles. The van der Waals surface area contributed by atoms with E-state index in [9.17, 15) is 18.0 Å². The Balaban J connectivity index is 1.90. The highest BCUT2D eigenvalue weighted by Crippen LogP contribution is 2.30. The van der Waals surface area contributed by atoms with Crippen molar-refractivity contribution in [3.63, 3.8) is 0 Å². The Bertz CT molecular complexity index is 554. The Kier molecular flexibility index (Phi) is 5.43. The molecule has 0 radical (unpaired) electrons. The van der Waals surface area contributed by atoms with Gasteiger partial charge in [-0.3, -0.25) is 4.79 Å². The number of alkyl halides is 3. The third-order valence-corrected chi connectivity index (χ3v) is 5.10. The van der Waals surface area contributed by atoms with Crippen molar-refractivity contribution in [1.29, 1.82) is 0 Å². The van der Waals surface area contributed by atoms with Gasteiger partial charge >= 0.3 is 6.18 Å². The number of halogens is 3. The third-order valence-electron chi connectivity index (χ3n) is 4.17. The van der Waals surface area contributed by atoms with Gasteiger partial charge in [0.15, 0.2) is 0 Å². The first-order valence-corrected chi connectivity index (χ1v) is 8.35. The van der Waals surface area contributed by atoms with Crippen LogP contribution in [0.15, 0.2) is 5.16 Å². The molecule has 1 fully saturated rings. The first-order chi connectivity index (χ1) is 10.7. The average Bonchev–Trinajstić information content (AvgIpc) is 2.86. The van der Waals surface area contributed by atoms with E-state index in [0.717, 1.165) is 37.4 Å². The van der Waals surface area contributed by atoms with Crippen LogP contribution in [0, 0.1) is 5.92 Å². The van der Waals surface area contributed by atoms with Crippen molar-refractivity contribution in [3.05, 3.63) is 5.82 Å². The number of rotatable bonds is 4. The molecular formula is C13H20F3N5OS. The molecule has 0 atom stereocenters. The van der Waals surface area contributed by atoms with E-state index in [-0.39, 0.29) is 22.9 Å². The predicted octanol–water partition coefficient (Wildman–Crippen LogP) is 2.14. The lowest BCUT2D eigenvalue weighted by Crippen LogP contribution is -2.40. The van der Waals surface area contributed by atoms with Crippen LogP contribution in [-0.2, 0) is 11.0 Å². The number of hydrogen-bond acceptors (Lipinski definition) is 5. The van der Waals surface area contributed by atoms with Gasteiger partial charge in [-0.15, -0.1) is 10.2 Å². The predicted molar refractivity (Wildman–Crippen MR) is 80.1 cm³/mol. The largest absolute Gasteiger partial charge is 0.453 e. The van der Waals surface area contributed by atoms with E-state index in [1.807, 2.05) is 0 Å². The minimum absolute atomic E-state index is 0.0181. The molecule has 23 heavy (non-hydrogen) atoms. The van der Waals surface area contributed by atoms with Gasteiger partial charge in [-0.1, -0.05) is 18.7 Å². The van der Waals surface area contributed by atoms with E-state index in [1.165, 1.54) is 0 Å². The molecule has 1 saturated carbocycles. The molecule has 2 N–H and O–H groups in total. The zero-order valence-electron chi connectivity index (χ0n) is 13.0. The molecule has 2 rings (SSSR count). The molecule has 1 aromatic heterocycles. The van der Waals surface area contributed by atoms with Crippen molar-refractivity contribution in [2.24, 2.45) is 5.92 Å². The molecule has 1 amide bonds. The van der Waals surface area contributed by atoms with Gasteiger partial charge < -0.3 is 10.7 Å². The summed E-state index contributed by atoms with van der Waals surface area (Å²) in [6.07, 6.45) is -0.581. The van der Waals surface area contributed by atoms with Gasteiger partial charge in [-0.25, -0.2) is 4.68 Å². The second-order valence-corrected chi connectivity index (χ2v) is 6.82. The fourth-order valence-corrected chi connectivity index (χ4v) is 3.41. The number of carbonyl (C=O) groups is 1. The van der Waals surface area contributed by atoms with E-state index in [2.05, 4.69) is 17.1 Å². The fraction of sp³-hybridized carbons (Fsp3) is 0.769. The van der Waals surface area contributed by atoms with Crippen LogP contribution in [0.3, 0.4) is 0 Å². The summed E-state index contributed by atoms with van der Waals surface area (Å²) in [4.78, 5) is 13.9. The highest BCUT2D eigenvalue weighted by molar-refractivity contribution is 7.99. The van der Waals surface area contributed by atoms with E-state index < -0.39 is 12.0 Å². The quantitative estimate of drug-likeness (QED) is 0.664. The number of amides is 1. The van der Waals surface area contributed by atoms with Gasteiger partial charge in [0.1, 0.15) is 0 Å². The van der Waals surface area contributed by atoms with Crippen molar-refractivity contribution >= 4 is 17.7 Å². The summed E-state index contributed by atoms with van der Waals surface area (Å²) >= 11 is 0.858. The third kappa shape index (κ3) is 4.30. The van der Waals surface area contributed by atoms with E-state index in [4.69, 9.17) is 5.84 Å². The molecule has 0 bridgehead atoms. The normalized spacial score (nSPS) is 22.1. The number of nitrogen functional groups attached to an aromatic ring is 1. The Hall–Kier alpha value is -1.45. The maximum absolute atomic E-state index is 12.6. The monoisotopic (exact) mass is 351 g/mol. The SMILES string of the molecule is CC1CCC(N(C)C(=O)CSc2nnc(C(F)(F)F)n2N)CC1. The van der Waals surface area contributed by atoms with Crippen molar-refractivity contribution in [2.75, 3.05) is 18.6 Å². The van der Waals surface area contributed by atoms with Gasteiger partial charge in [0, 0.05) is 13.1 Å². The lowest BCUT2D eigenvalue weighted by Gasteiger charge is -2.33. The van der Waals surface area contributed by atoms with E-state index in [1.54, 1.807) is 11.9 Å². The molecule has 6 nitrogen and oxygen atoms in total. The van der Waals surface area contributed by atoms with E-state index >= 15 is 0 Å². The van der Waals surface area contributed by atoms with Gasteiger partial charge in [-0.05, 0) is 31.6 Å². The highest BCUT2D eigenvalue weighted by Gasteiger charge is 2.38. The Morgan fingerprint density at radius 3 is 2.48 bits per heavy atom. The van der Waals surface area contributed by atoms with Crippen LogP contribution in [-0.4, -0.2) is 44.5 Å². The number of hydrogen-bond donors (Lipinski definition) is 1. The summed E-state index contributed by atoms with van der Waals surface area (Å²) < 4.78 is 38.1. The topological polar surface area (TPSA) is 77.0 Å². The Labute approximate surface area is 136 Å². The standard InChI is InChI=1S/C13H20F3N5OS/c1-8-3-5-9(6-4-8)20(2)10(22)7-23-12-19-18-11(21(12)17)13(14,15)16/h8-9H,3-7,17H2,1-2H3. The minimum atomic E-state index is -4.67. The molecule has 0 aromatic carbocycles. The molecule has 0 spiro atoms. The second-order valence-electron chi connectivity index (χ2n) is 5.88. The number of nitrogens with two attached hydrogens (primary N) is 1. The summed E-state index contributed by atoms with van der Waals surface area (Å²) in [5, 5.41) is 6.29. The summed E-state index contributed by atoms with van der Waals surface area (Å²) in [5.41, 5.74) is 0. The number of nitrogens with zero attached hydrogens (tertiary/aromatic N) is 4. The molecule has 0 aliphatic heterocycles. The van der Waals surface area contributed by atoms with Gasteiger partial charge in [0.2, 0.25) is 11.1 Å². The molecular weight excluding hydrogens is 331 g/mol. The number of thioether (sulfide) groups is 1. The average molecular weight is 351 g/mol. The second kappa shape index (κ2) is 6.98. The van der Waals surface area contributed by atoms with Gasteiger partial charge in [0.05, 0.1) is 5.75 Å². The molecule has 0 saturated heterocycles. The summed E-state index contributed by atoms with van der Waals surface area (Å²) in [7, 11) is 1.73. The minimum Gasteiger partial charge on any atom is -0.342 e. The number of aromatic nitrogens is 3. The molecule has 10 heteroatoms. The van der Waals surface area contributed by atoms with Crippen LogP contribution < -0.4 is 5.84 Å². The molecule has 1 aromatic rings. The first kappa shape index (κ1) is 17.9. The van der Waals surface area contributed by atoms with Crippen molar-refractivity contribution < 1.29 is 18.0 Å². The number of carbonyl (C=O) groups excluding carboxylic acids is 1. The van der Waals surface area contributed by atoms with Gasteiger partial charge in [0.25, 0.3) is 5.82 Å². The van der Waals surface area contributed by atoms with Crippen molar-refractivity contribution in [1.82, 2.24) is 19.8 Å². The zero-order chi connectivity index (χ0) is 17.2. The smallest absolute Gasteiger partial charge is 0.342 e. The summed E-state index contributed by atoms with van der Waals surface area (Å²) in [6.45, 7) is 2.19. The van der Waals surface area contributed by atoms with Crippen molar-refractivity contribution in [3.8, 4) is 0 Å². The Morgan fingerprint density at radius 2 is 1.96 bits per heavy atom. The summed E-state index contributed by atoms with van der Waals surface area (Å²) in [6, 6.07) is 0.195.